The van der Waals surface area contributed by atoms with Gasteiger partial charge in [0.05, 0.1) is 12.2 Å². The summed E-state index contributed by atoms with van der Waals surface area (Å²) in [4.78, 5) is 17.4. The van der Waals surface area contributed by atoms with Crippen LogP contribution in [0.4, 0.5) is 0 Å². The molecule has 0 aromatic rings. The first-order valence-electron chi connectivity index (χ1n) is 8.26. The number of hydrogen-bond donors (Lipinski definition) is 1. The van der Waals surface area contributed by atoms with E-state index in [1.807, 2.05) is 0 Å². The van der Waals surface area contributed by atoms with Crippen LogP contribution in [-0.2, 0) is 4.79 Å². The van der Waals surface area contributed by atoms with E-state index in [9.17, 15) is 4.79 Å². The Morgan fingerprint density at radius 1 is 1.40 bits per heavy atom. The lowest BCUT2D eigenvalue weighted by molar-refractivity contribution is -0.135. The van der Waals surface area contributed by atoms with Gasteiger partial charge in [-0.3, -0.25) is 10.1 Å². The highest BCUT2D eigenvalue weighted by atomic mass is 16.2. The zero-order valence-electron chi connectivity index (χ0n) is 13.7. The fraction of sp³-hybridized carbons (Fsp3) is 0.938. The number of piperidine rings is 1. The first kappa shape index (κ1) is 15.8. The molecule has 20 heavy (non-hydrogen) atoms. The van der Waals surface area contributed by atoms with E-state index in [2.05, 4.69) is 49.9 Å². The second-order valence-electron chi connectivity index (χ2n) is 6.79. The van der Waals surface area contributed by atoms with Crippen molar-refractivity contribution in [3.63, 3.8) is 0 Å². The molecule has 0 aromatic heterocycles. The molecule has 0 radical (unpaired) electrons. The number of carbonyl (C=O) groups excluding carboxylic acids is 1. The topological polar surface area (TPSA) is 35.6 Å². The van der Waals surface area contributed by atoms with Crippen LogP contribution in [0.3, 0.4) is 0 Å². The van der Waals surface area contributed by atoms with Gasteiger partial charge in [-0.1, -0.05) is 34.1 Å². The van der Waals surface area contributed by atoms with Crippen molar-refractivity contribution < 1.29 is 4.79 Å². The summed E-state index contributed by atoms with van der Waals surface area (Å²) in [5.74, 6) is 1.32. The molecule has 2 aliphatic heterocycles. The fourth-order valence-electron chi connectivity index (χ4n) is 3.78. The zero-order valence-corrected chi connectivity index (χ0v) is 13.7. The van der Waals surface area contributed by atoms with E-state index in [-0.39, 0.29) is 12.2 Å². The molecule has 4 heteroatoms. The highest BCUT2D eigenvalue weighted by Crippen LogP contribution is 2.29. The fourth-order valence-corrected chi connectivity index (χ4v) is 3.78. The predicted molar refractivity (Wildman–Crippen MR) is 82.4 cm³/mol. The van der Waals surface area contributed by atoms with Crippen LogP contribution < -0.4 is 5.32 Å². The average molecular weight is 281 g/mol. The molecule has 0 bridgehead atoms. The van der Waals surface area contributed by atoms with Gasteiger partial charge in [-0.15, -0.1) is 0 Å². The Kier molecular flexibility index (Phi) is 5.08. The predicted octanol–water partition coefficient (Wildman–Crippen LogP) is 1.91. The van der Waals surface area contributed by atoms with Crippen LogP contribution in [-0.4, -0.2) is 54.1 Å². The lowest BCUT2D eigenvalue weighted by Gasteiger charge is -2.42. The molecule has 1 amide bonds. The lowest BCUT2D eigenvalue weighted by Crippen LogP contribution is -2.53. The van der Waals surface area contributed by atoms with Crippen LogP contribution in [0.25, 0.3) is 0 Å². The number of carbonyl (C=O) groups is 1. The van der Waals surface area contributed by atoms with E-state index < -0.39 is 0 Å². The Morgan fingerprint density at radius 2 is 2.10 bits per heavy atom. The minimum atomic E-state index is 0.0248. The lowest BCUT2D eigenvalue weighted by atomic mass is 9.91. The van der Waals surface area contributed by atoms with E-state index >= 15 is 0 Å². The van der Waals surface area contributed by atoms with Crippen molar-refractivity contribution in [1.29, 1.82) is 0 Å². The largest absolute Gasteiger partial charge is 0.322 e. The van der Waals surface area contributed by atoms with Crippen LogP contribution in [0.2, 0.25) is 0 Å². The molecule has 0 aromatic carbocycles. The highest BCUT2D eigenvalue weighted by molar-refractivity contribution is 5.85. The molecule has 5 unspecified atom stereocenters. The van der Waals surface area contributed by atoms with Gasteiger partial charge in [-0.25, -0.2) is 0 Å². The monoisotopic (exact) mass is 281 g/mol. The van der Waals surface area contributed by atoms with Crippen molar-refractivity contribution >= 4 is 5.91 Å². The summed E-state index contributed by atoms with van der Waals surface area (Å²) >= 11 is 0. The molecule has 2 heterocycles. The molecule has 2 fully saturated rings. The summed E-state index contributed by atoms with van der Waals surface area (Å²) in [7, 11) is 2.18. The molecule has 5 atom stereocenters. The molecular formula is C16H31N3O. The average Bonchev–Trinajstić information content (AvgIpc) is 2.75. The SMILES string of the molecule is CCC(C)C1NC(CC)N(C2CCN(C)CC2C)C1=O. The van der Waals surface area contributed by atoms with Gasteiger partial charge in [0, 0.05) is 12.6 Å². The number of likely N-dealkylation sites (tertiary alicyclic amines) is 1. The number of nitrogens with zero attached hydrogens (tertiary/aromatic N) is 2. The number of rotatable bonds is 4. The van der Waals surface area contributed by atoms with Gasteiger partial charge in [-0.2, -0.15) is 0 Å². The molecule has 0 aliphatic carbocycles. The molecule has 2 rings (SSSR count). The van der Waals surface area contributed by atoms with Crippen LogP contribution in [0.1, 0.15) is 47.0 Å². The van der Waals surface area contributed by atoms with Crippen LogP contribution in [0.15, 0.2) is 0 Å². The van der Waals surface area contributed by atoms with E-state index in [0.29, 0.717) is 23.8 Å². The van der Waals surface area contributed by atoms with E-state index in [1.54, 1.807) is 0 Å². The maximum atomic E-state index is 12.9. The Bertz CT molecular complexity index is 347. The van der Waals surface area contributed by atoms with Gasteiger partial charge in [-0.05, 0) is 38.3 Å². The van der Waals surface area contributed by atoms with Crippen LogP contribution >= 0.6 is 0 Å². The van der Waals surface area contributed by atoms with Crippen LogP contribution in [0.5, 0.6) is 0 Å². The minimum absolute atomic E-state index is 0.0248. The highest BCUT2D eigenvalue weighted by Gasteiger charge is 2.45. The molecule has 1 N–H and O–H groups in total. The van der Waals surface area contributed by atoms with Gasteiger partial charge in [0.1, 0.15) is 0 Å². The first-order chi connectivity index (χ1) is 9.49. The zero-order chi connectivity index (χ0) is 14.9. The van der Waals surface area contributed by atoms with Crippen molar-refractivity contribution in [2.24, 2.45) is 11.8 Å². The molecule has 2 saturated heterocycles. The normalized spacial score (nSPS) is 37.5. The second kappa shape index (κ2) is 6.44. The summed E-state index contributed by atoms with van der Waals surface area (Å²) in [6.07, 6.45) is 3.39. The van der Waals surface area contributed by atoms with Gasteiger partial charge in [0.25, 0.3) is 0 Å². The van der Waals surface area contributed by atoms with E-state index in [4.69, 9.17) is 0 Å². The third kappa shape index (κ3) is 2.86. The third-order valence-corrected chi connectivity index (χ3v) is 5.25. The molecule has 2 aliphatic rings. The van der Waals surface area contributed by atoms with Gasteiger partial charge in [0.15, 0.2) is 0 Å². The smallest absolute Gasteiger partial charge is 0.241 e. The maximum absolute atomic E-state index is 12.9. The van der Waals surface area contributed by atoms with Crippen LogP contribution in [0, 0.1) is 11.8 Å². The summed E-state index contributed by atoms with van der Waals surface area (Å²) in [6, 6.07) is 0.432. The van der Waals surface area contributed by atoms with Crippen molar-refractivity contribution in [1.82, 2.24) is 15.1 Å². The Labute approximate surface area is 123 Å². The van der Waals surface area contributed by atoms with Gasteiger partial charge < -0.3 is 9.80 Å². The first-order valence-corrected chi connectivity index (χ1v) is 8.26. The van der Waals surface area contributed by atoms with E-state index in [0.717, 1.165) is 32.4 Å². The van der Waals surface area contributed by atoms with Crippen molar-refractivity contribution in [3.8, 4) is 0 Å². The summed E-state index contributed by atoms with van der Waals surface area (Å²) in [5, 5.41) is 3.58. The Morgan fingerprint density at radius 3 is 2.65 bits per heavy atom. The van der Waals surface area contributed by atoms with Crippen molar-refractivity contribution in [2.75, 3.05) is 20.1 Å². The van der Waals surface area contributed by atoms with E-state index in [1.165, 1.54) is 0 Å². The second-order valence-corrected chi connectivity index (χ2v) is 6.79. The standard InChI is InChI=1S/C16H31N3O/c1-6-11(3)15-16(20)19(14(7-2)17-15)13-8-9-18(5)10-12(13)4/h11-15,17H,6-10H2,1-5H3. The number of amides is 1. The number of nitrogens with one attached hydrogen (secondary N) is 1. The minimum Gasteiger partial charge on any atom is -0.322 e. The number of hydrogen-bond acceptors (Lipinski definition) is 3. The van der Waals surface area contributed by atoms with Gasteiger partial charge >= 0.3 is 0 Å². The Balaban J connectivity index is 2.14. The third-order valence-electron chi connectivity index (χ3n) is 5.25. The van der Waals surface area contributed by atoms with Crippen molar-refractivity contribution in [3.05, 3.63) is 0 Å². The van der Waals surface area contributed by atoms with Gasteiger partial charge in [0.2, 0.25) is 5.91 Å². The quantitative estimate of drug-likeness (QED) is 0.855. The molecular weight excluding hydrogens is 250 g/mol. The molecule has 0 spiro atoms. The summed E-state index contributed by atoms with van der Waals surface area (Å²) < 4.78 is 0. The summed E-state index contributed by atoms with van der Waals surface area (Å²) in [6.45, 7) is 11.0. The maximum Gasteiger partial charge on any atom is 0.241 e. The molecule has 116 valence electrons. The molecule has 4 nitrogen and oxygen atoms in total. The van der Waals surface area contributed by atoms with Crippen molar-refractivity contribution in [2.45, 2.75) is 65.2 Å². The Hall–Kier alpha value is -0.610. The molecule has 0 saturated carbocycles. The summed E-state index contributed by atoms with van der Waals surface area (Å²) in [5.41, 5.74) is 0.